The van der Waals surface area contributed by atoms with Crippen molar-refractivity contribution in [2.24, 2.45) is 11.1 Å². The van der Waals surface area contributed by atoms with Gasteiger partial charge in [-0.25, -0.2) is 0 Å². The SMILES string of the molecule is CC(C)(C)C(CC(=O)O)NC(=O)c1ccc(CCN)cc1. The zero-order valence-electron chi connectivity index (χ0n) is 12.8. The van der Waals surface area contributed by atoms with Crippen molar-refractivity contribution in [1.29, 1.82) is 0 Å². The van der Waals surface area contributed by atoms with E-state index in [1.165, 1.54) is 0 Å². The third-order valence-corrected chi connectivity index (χ3v) is 3.38. The van der Waals surface area contributed by atoms with Gasteiger partial charge in [0.25, 0.3) is 5.91 Å². The molecule has 0 radical (unpaired) electrons. The Morgan fingerprint density at radius 3 is 2.24 bits per heavy atom. The molecule has 0 bridgehead atoms. The van der Waals surface area contributed by atoms with Crippen molar-refractivity contribution < 1.29 is 14.7 Å². The minimum Gasteiger partial charge on any atom is -0.481 e. The van der Waals surface area contributed by atoms with E-state index < -0.39 is 12.0 Å². The van der Waals surface area contributed by atoms with Crippen molar-refractivity contribution in [2.75, 3.05) is 6.54 Å². The zero-order valence-corrected chi connectivity index (χ0v) is 12.8. The second kappa shape index (κ2) is 7.22. The lowest BCUT2D eigenvalue weighted by atomic mass is 9.84. The van der Waals surface area contributed by atoms with Crippen LogP contribution in [-0.2, 0) is 11.2 Å². The van der Waals surface area contributed by atoms with Crippen LogP contribution in [-0.4, -0.2) is 29.6 Å². The Morgan fingerprint density at radius 1 is 1.24 bits per heavy atom. The first kappa shape index (κ1) is 17.2. The molecule has 0 aliphatic rings. The summed E-state index contributed by atoms with van der Waals surface area (Å²) >= 11 is 0. The lowest BCUT2D eigenvalue weighted by Crippen LogP contribution is -2.45. The van der Waals surface area contributed by atoms with Gasteiger partial charge in [-0.2, -0.15) is 0 Å². The maximum Gasteiger partial charge on any atom is 0.305 e. The predicted octanol–water partition coefficient (Wildman–Crippen LogP) is 1.81. The van der Waals surface area contributed by atoms with E-state index >= 15 is 0 Å². The second-order valence-electron chi connectivity index (χ2n) is 6.23. The second-order valence-corrected chi connectivity index (χ2v) is 6.23. The van der Waals surface area contributed by atoms with Gasteiger partial charge in [-0.1, -0.05) is 32.9 Å². The molecule has 1 atom stereocenters. The molecular formula is C16H24N2O3. The molecule has 0 aliphatic carbocycles. The van der Waals surface area contributed by atoms with E-state index in [1.54, 1.807) is 12.1 Å². The largest absolute Gasteiger partial charge is 0.481 e. The normalized spacial score (nSPS) is 12.8. The van der Waals surface area contributed by atoms with Gasteiger partial charge in [0.2, 0.25) is 0 Å². The van der Waals surface area contributed by atoms with Crippen molar-refractivity contribution in [1.82, 2.24) is 5.32 Å². The third kappa shape index (κ3) is 5.55. The molecule has 1 aromatic rings. The van der Waals surface area contributed by atoms with Crippen LogP contribution in [0.4, 0.5) is 0 Å². The highest BCUT2D eigenvalue weighted by molar-refractivity contribution is 5.94. The fourth-order valence-corrected chi connectivity index (χ4v) is 1.98. The number of carboxylic acid groups (broad SMARTS) is 1. The van der Waals surface area contributed by atoms with Gasteiger partial charge < -0.3 is 16.2 Å². The van der Waals surface area contributed by atoms with Gasteiger partial charge in [-0.3, -0.25) is 9.59 Å². The number of hydrogen-bond acceptors (Lipinski definition) is 3. The standard InChI is InChI=1S/C16H24N2O3/c1-16(2,3)13(10-14(19)20)18-15(21)12-6-4-11(5-7-12)8-9-17/h4-7,13H,8-10,17H2,1-3H3,(H,18,21)(H,19,20). The fraction of sp³-hybridized carbons (Fsp3) is 0.500. The van der Waals surface area contributed by atoms with Gasteiger partial charge in [0, 0.05) is 11.6 Å². The smallest absolute Gasteiger partial charge is 0.305 e. The molecule has 116 valence electrons. The Morgan fingerprint density at radius 2 is 1.81 bits per heavy atom. The van der Waals surface area contributed by atoms with Crippen LogP contribution >= 0.6 is 0 Å². The van der Waals surface area contributed by atoms with E-state index in [-0.39, 0.29) is 17.7 Å². The van der Waals surface area contributed by atoms with Crippen molar-refractivity contribution in [3.63, 3.8) is 0 Å². The average Bonchev–Trinajstić information content (AvgIpc) is 2.37. The maximum absolute atomic E-state index is 12.2. The lowest BCUT2D eigenvalue weighted by molar-refractivity contribution is -0.138. The van der Waals surface area contributed by atoms with Crippen molar-refractivity contribution >= 4 is 11.9 Å². The molecule has 0 aromatic heterocycles. The summed E-state index contributed by atoms with van der Waals surface area (Å²) in [6.07, 6.45) is 0.673. The Kier molecular flexibility index (Phi) is 5.90. The first-order chi connectivity index (χ1) is 9.74. The summed E-state index contributed by atoms with van der Waals surface area (Å²) in [5, 5.41) is 11.8. The van der Waals surface area contributed by atoms with Gasteiger partial charge in [0.15, 0.2) is 0 Å². The number of carbonyl (C=O) groups excluding carboxylic acids is 1. The Balaban J connectivity index is 2.79. The maximum atomic E-state index is 12.2. The molecule has 5 nitrogen and oxygen atoms in total. The lowest BCUT2D eigenvalue weighted by Gasteiger charge is -2.30. The predicted molar refractivity (Wildman–Crippen MR) is 82.2 cm³/mol. The van der Waals surface area contributed by atoms with Crippen LogP contribution in [0.25, 0.3) is 0 Å². The average molecular weight is 292 g/mol. The molecular weight excluding hydrogens is 268 g/mol. The molecule has 1 unspecified atom stereocenters. The molecule has 0 spiro atoms. The Hall–Kier alpha value is -1.88. The van der Waals surface area contributed by atoms with Gasteiger partial charge in [0.05, 0.1) is 6.42 Å². The van der Waals surface area contributed by atoms with Gasteiger partial charge >= 0.3 is 5.97 Å². The van der Waals surface area contributed by atoms with Crippen molar-refractivity contribution in [3.8, 4) is 0 Å². The number of aliphatic carboxylic acids is 1. The highest BCUT2D eigenvalue weighted by atomic mass is 16.4. The summed E-state index contributed by atoms with van der Waals surface area (Å²) in [4.78, 5) is 23.2. The molecule has 0 heterocycles. The Bertz CT molecular complexity index is 489. The number of hydrogen-bond donors (Lipinski definition) is 3. The molecule has 1 aromatic carbocycles. The number of carbonyl (C=O) groups is 2. The fourth-order valence-electron chi connectivity index (χ4n) is 1.98. The van der Waals surface area contributed by atoms with E-state index in [1.807, 2.05) is 32.9 Å². The molecule has 4 N–H and O–H groups in total. The number of benzene rings is 1. The number of rotatable bonds is 6. The first-order valence-corrected chi connectivity index (χ1v) is 7.05. The summed E-state index contributed by atoms with van der Waals surface area (Å²) in [6, 6.07) is 6.78. The summed E-state index contributed by atoms with van der Waals surface area (Å²) < 4.78 is 0. The van der Waals surface area contributed by atoms with Crippen LogP contribution in [0, 0.1) is 5.41 Å². The Labute approximate surface area is 125 Å². The topological polar surface area (TPSA) is 92.4 Å². The number of amides is 1. The highest BCUT2D eigenvalue weighted by Gasteiger charge is 2.28. The van der Waals surface area contributed by atoms with E-state index in [0.717, 1.165) is 12.0 Å². The molecule has 0 saturated heterocycles. The van der Waals surface area contributed by atoms with Crippen LogP contribution in [0.15, 0.2) is 24.3 Å². The summed E-state index contributed by atoms with van der Waals surface area (Å²) in [6.45, 7) is 6.29. The molecule has 5 heteroatoms. The van der Waals surface area contributed by atoms with Crippen LogP contribution < -0.4 is 11.1 Å². The van der Waals surface area contributed by atoms with E-state index in [9.17, 15) is 9.59 Å². The quantitative estimate of drug-likeness (QED) is 0.745. The van der Waals surface area contributed by atoms with Crippen molar-refractivity contribution in [3.05, 3.63) is 35.4 Å². The first-order valence-electron chi connectivity index (χ1n) is 7.05. The summed E-state index contributed by atoms with van der Waals surface area (Å²) in [7, 11) is 0. The minimum atomic E-state index is -0.923. The van der Waals surface area contributed by atoms with Gasteiger partial charge in [-0.05, 0) is 36.1 Å². The van der Waals surface area contributed by atoms with Crippen molar-refractivity contribution in [2.45, 2.75) is 39.7 Å². The number of nitrogens with two attached hydrogens (primary N) is 1. The zero-order chi connectivity index (χ0) is 16.0. The van der Waals surface area contributed by atoms with Crippen LogP contribution in [0.5, 0.6) is 0 Å². The molecule has 21 heavy (non-hydrogen) atoms. The van der Waals surface area contributed by atoms with Gasteiger partial charge in [-0.15, -0.1) is 0 Å². The summed E-state index contributed by atoms with van der Waals surface area (Å²) in [5.41, 5.74) is 6.76. The summed E-state index contributed by atoms with van der Waals surface area (Å²) in [5.74, 6) is -1.18. The van der Waals surface area contributed by atoms with Gasteiger partial charge in [0.1, 0.15) is 0 Å². The molecule has 0 saturated carbocycles. The molecule has 1 amide bonds. The molecule has 0 fully saturated rings. The van der Waals surface area contributed by atoms with Crippen LogP contribution in [0.2, 0.25) is 0 Å². The van der Waals surface area contributed by atoms with Crippen LogP contribution in [0.1, 0.15) is 43.1 Å². The van der Waals surface area contributed by atoms with E-state index in [2.05, 4.69) is 5.32 Å². The molecule has 0 aliphatic heterocycles. The monoisotopic (exact) mass is 292 g/mol. The van der Waals surface area contributed by atoms with E-state index in [4.69, 9.17) is 10.8 Å². The number of carboxylic acids is 1. The minimum absolute atomic E-state index is 0.0967. The highest BCUT2D eigenvalue weighted by Crippen LogP contribution is 2.22. The van der Waals surface area contributed by atoms with Crippen LogP contribution in [0.3, 0.4) is 0 Å². The number of nitrogens with one attached hydrogen (secondary N) is 1. The van der Waals surface area contributed by atoms with E-state index in [0.29, 0.717) is 12.1 Å². The molecule has 1 rings (SSSR count). The third-order valence-electron chi connectivity index (χ3n) is 3.38.